The first kappa shape index (κ1) is 24.5. The van der Waals surface area contributed by atoms with Crippen molar-refractivity contribution in [1.82, 2.24) is 10.4 Å². The molecule has 0 aliphatic heterocycles. The van der Waals surface area contributed by atoms with Crippen LogP contribution in [0.2, 0.25) is 10.0 Å². The topological polar surface area (TPSA) is 83.8 Å². The van der Waals surface area contributed by atoms with E-state index >= 15 is 0 Å². The molecule has 4 aromatic rings. The lowest BCUT2D eigenvalue weighted by Gasteiger charge is -2.15. The Bertz CT molecular complexity index is 1450. The number of phenolic OH excluding ortho intramolecular Hbond substituents is 1. The van der Waals surface area contributed by atoms with Crippen molar-refractivity contribution in [2.75, 3.05) is 0 Å². The molecule has 0 radical (unpaired) electrons. The fraction of sp³-hybridized carbons (Fsp3) is 0.148. The summed E-state index contributed by atoms with van der Waals surface area (Å²) in [5.74, 6) is 0.0860. The monoisotopic (exact) mass is 507 g/mol. The van der Waals surface area contributed by atoms with E-state index < -0.39 is 5.91 Å². The molecular formula is C27H23Cl2N3O3. The van der Waals surface area contributed by atoms with Crippen LogP contribution in [0.25, 0.3) is 22.2 Å². The molecule has 0 unspecified atom stereocenters. The van der Waals surface area contributed by atoms with Crippen molar-refractivity contribution in [2.24, 2.45) is 5.10 Å². The minimum atomic E-state index is -0.431. The average Bonchev–Trinajstić information content (AvgIpc) is 2.83. The normalized spacial score (nSPS) is 11.7. The molecule has 8 heteroatoms. The number of carbonyl (C=O) groups excluding carboxylic acids is 1. The van der Waals surface area contributed by atoms with Crippen LogP contribution in [0.4, 0.5) is 0 Å². The van der Waals surface area contributed by atoms with Crippen molar-refractivity contribution in [1.29, 1.82) is 0 Å². The number of hydrogen-bond donors (Lipinski definition) is 2. The van der Waals surface area contributed by atoms with E-state index in [0.29, 0.717) is 44.2 Å². The molecular weight excluding hydrogens is 485 g/mol. The summed E-state index contributed by atoms with van der Waals surface area (Å²) in [7, 11) is 0. The van der Waals surface area contributed by atoms with Gasteiger partial charge in [-0.1, -0.05) is 53.5 Å². The number of carbonyl (C=O) groups is 1. The number of hydrogen-bond acceptors (Lipinski definition) is 5. The summed E-state index contributed by atoms with van der Waals surface area (Å²) in [6.45, 7) is 5.54. The molecule has 0 aliphatic rings. The lowest BCUT2D eigenvalue weighted by atomic mass is 10.0. The van der Waals surface area contributed by atoms with Crippen LogP contribution in [-0.2, 0) is 0 Å². The van der Waals surface area contributed by atoms with Gasteiger partial charge in [0.15, 0.2) is 0 Å². The highest BCUT2D eigenvalue weighted by Gasteiger charge is 2.17. The first-order chi connectivity index (χ1) is 16.7. The number of ether oxygens (including phenoxy) is 1. The van der Waals surface area contributed by atoms with Gasteiger partial charge in [0, 0.05) is 21.5 Å². The highest BCUT2D eigenvalue weighted by atomic mass is 35.5. The summed E-state index contributed by atoms with van der Waals surface area (Å²) in [4.78, 5) is 18.0. The largest absolute Gasteiger partial charge is 0.506 e. The summed E-state index contributed by atoms with van der Waals surface area (Å²) in [6.07, 6.45) is -0.0203. The Morgan fingerprint density at radius 2 is 1.74 bits per heavy atom. The van der Waals surface area contributed by atoms with Crippen molar-refractivity contribution < 1.29 is 14.6 Å². The summed E-state index contributed by atoms with van der Waals surface area (Å²) in [6, 6.07) is 19.6. The molecule has 178 valence electrons. The SMILES string of the molecule is CC(=NNC(=O)c1cc(-c2ccccc2OC(C)C)nc2ccccc12)c1cc(Cl)cc(Cl)c1O. The molecule has 0 bridgehead atoms. The second-order valence-corrected chi connectivity index (χ2v) is 9.00. The van der Waals surface area contributed by atoms with Crippen molar-refractivity contribution in [3.8, 4) is 22.8 Å². The van der Waals surface area contributed by atoms with Crippen LogP contribution in [0.3, 0.4) is 0 Å². The van der Waals surface area contributed by atoms with Crippen LogP contribution in [0.15, 0.2) is 71.8 Å². The first-order valence-corrected chi connectivity index (χ1v) is 11.7. The van der Waals surface area contributed by atoms with E-state index in [1.54, 1.807) is 13.0 Å². The van der Waals surface area contributed by atoms with Crippen molar-refractivity contribution in [3.05, 3.63) is 87.9 Å². The van der Waals surface area contributed by atoms with Crippen LogP contribution < -0.4 is 10.2 Å². The van der Waals surface area contributed by atoms with E-state index in [1.165, 1.54) is 12.1 Å². The van der Waals surface area contributed by atoms with E-state index in [9.17, 15) is 9.90 Å². The molecule has 0 aliphatic carbocycles. The summed E-state index contributed by atoms with van der Waals surface area (Å²) < 4.78 is 5.96. The molecule has 3 aromatic carbocycles. The molecule has 1 aromatic heterocycles. The predicted molar refractivity (Wildman–Crippen MR) is 141 cm³/mol. The third-order valence-electron chi connectivity index (χ3n) is 5.23. The molecule has 1 amide bonds. The van der Waals surface area contributed by atoms with Gasteiger partial charge in [0.25, 0.3) is 5.91 Å². The number of rotatable bonds is 6. The van der Waals surface area contributed by atoms with Gasteiger partial charge < -0.3 is 9.84 Å². The minimum absolute atomic E-state index is 0.0203. The number of amides is 1. The number of nitrogens with zero attached hydrogens (tertiary/aromatic N) is 2. The first-order valence-electron chi connectivity index (χ1n) is 10.9. The zero-order valence-electron chi connectivity index (χ0n) is 19.3. The maximum absolute atomic E-state index is 13.3. The Morgan fingerprint density at radius 1 is 1.03 bits per heavy atom. The standard InChI is InChI=1S/C27H23Cl2N3O3/c1-15(2)35-25-11-7-5-9-19(25)24-14-21(18-8-4-6-10-23(18)30-24)27(34)32-31-16(3)20-12-17(28)13-22(29)26(20)33/h4-15,33H,1-3H3,(H,32,34). The number of fused-ring (bicyclic) bond motifs is 1. The van der Waals surface area contributed by atoms with Crippen LogP contribution in [0, 0.1) is 0 Å². The number of phenols is 1. The lowest BCUT2D eigenvalue weighted by molar-refractivity contribution is 0.0956. The maximum atomic E-state index is 13.3. The Hall–Kier alpha value is -3.61. The number of aromatic nitrogens is 1. The van der Waals surface area contributed by atoms with Crippen LogP contribution in [-0.4, -0.2) is 27.8 Å². The van der Waals surface area contributed by atoms with Gasteiger partial charge in [-0.3, -0.25) is 4.79 Å². The van der Waals surface area contributed by atoms with Crippen molar-refractivity contribution in [2.45, 2.75) is 26.9 Å². The Morgan fingerprint density at radius 3 is 2.51 bits per heavy atom. The second-order valence-electron chi connectivity index (χ2n) is 8.16. The third kappa shape index (κ3) is 5.39. The number of benzene rings is 3. The molecule has 2 N–H and O–H groups in total. The third-order valence-corrected chi connectivity index (χ3v) is 5.74. The molecule has 0 fully saturated rings. The minimum Gasteiger partial charge on any atom is -0.506 e. The smallest absolute Gasteiger partial charge is 0.272 e. The molecule has 0 saturated carbocycles. The number of nitrogens with one attached hydrogen (secondary N) is 1. The number of halogens is 2. The van der Waals surface area contributed by atoms with Crippen molar-refractivity contribution in [3.63, 3.8) is 0 Å². The number of aromatic hydroxyl groups is 1. The average molecular weight is 508 g/mol. The van der Waals surface area contributed by atoms with Gasteiger partial charge in [-0.25, -0.2) is 10.4 Å². The van der Waals surface area contributed by atoms with E-state index in [4.69, 9.17) is 32.9 Å². The number of pyridine rings is 1. The fourth-order valence-electron chi connectivity index (χ4n) is 3.63. The summed E-state index contributed by atoms with van der Waals surface area (Å²) in [5.41, 5.74) is 5.68. The zero-order chi connectivity index (χ0) is 25.1. The summed E-state index contributed by atoms with van der Waals surface area (Å²) >= 11 is 12.1. The van der Waals surface area contributed by atoms with Gasteiger partial charge >= 0.3 is 0 Å². The lowest BCUT2D eigenvalue weighted by Crippen LogP contribution is -2.20. The second kappa shape index (κ2) is 10.3. The Balaban J connectivity index is 1.75. The Kier molecular flexibility index (Phi) is 7.24. The Labute approximate surface area is 213 Å². The van der Waals surface area contributed by atoms with E-state index in [1.807, 2.05) is 62.4 Å². The van der Waals surface area contributed by atoms with Crippen molar-refractivity contribution >= 4 is 45.7 Å². The number of para-hydroxylation sites is 2. The quantitative estimate of drug-likeness (QED) is 0.220. The van der Waals surface area contributed by atoms with Gasteiger partial charge in [0.2, 0.25) is 0 Å². The molecule has 1 heterocycles. The molecule has 0 atom stereocenters. The highest BCUT2D eigenvalue weighted by Crippen LogP contribution is 2.33. The molecule has 35 heavy (non-hydrogen) atoms. The van der Waals surface area contributed by atoms with Crippen LogP contribution in [0.1, 0.15) is 36.7 Å². The number of hydrazone groups is 1. The van der Waals surface area contributed by atoms with Crippen LogP contribution >= 0.6 is 23.2 Å². The van der Waals surface area contributed by atoms with E-state index in [2.05, 4.69) is 10.5 Å². The van der Waals surface area contributed by atoms with Crippen LogP contribution in [0.5, 0.6) is 11.5 Å². The van der Waals surface area contributed by atoms with Gasteiger partial charge in [-0.05, 0) is 57.2 Å². The molecule has 6 nitrogen and oxygen atoms in total. The van der Waals surface area contributed by atoms with E-state index in [0.717, 1.165) is 5.56 Å². The van der Waals surface area contributed by atoms with E-state index in [-0.39, 0.29) is 16.9 Å². The predicted octanol–water partition coefficient (Wildman–Crippen LogP) is 6.86. The van der Waals surface area contributed by atoms with Gasteiger partial charge in [-0.2, -0.15) is 5.10 Å². The molecule has 4 rings (SSSR count). The molecule has 0 saturated heterocycles. The zero-order valence-corrected chi connectivity index (χ0v) is 20.9. The fourth-order valence-corrected chi connectivity index (χ4v) is 4.13. The summed E-state index contributed by atoms with van der Waals surface area (Å²) in [5, 5.41) is 15.6. The highest BCUT2D eigenvalue weighted by molar-refractivity contribution is 6.36. The molecule has 0 spiro atoms. The maximum Gasteiger partial charge on any atom is 0.272 e. The van der Waals surface area contributed by atoms with Gasteiger partial charge in [-0.15, -0.1) is 0 Å². The van der Waals surface area contributed by atoms with Gasteiger partial charge in [0.1, 0.15) is 11.5 Å². The van der Waals surface area contributed by atoms with Gasteiger partial charge in [0.05, 0.1) is 33.6 Å².